The highest BCUT2D eigenvalue weighted by Crippen LogP contribution is 2.34. The molecule has 148 valence electrons. The highest BCUT2D eigenvalue weighted by Gasteiger charge is 2.31. The number of nitrogens with zero attached hydrogens (tertiary/aromatic N) is 1. The molecule has 1 atom stereocenters. The Labute approximate surface area is 166 Å². The van der Waals surface area contributed by atoms with E-state index in [1.807, 2.05) is 0 Å². The summed E-state index contributed by atoms with van der Waals surface area (Å²) in [6, 6.07) is 6.53. The fraction of sp³-hybridized carbons (Fsp3) is 0.200. The average Bonchev–Trinajstić information content (AvgIpc) is 3.24. The lowest BCUT2D eigenvalue weighted by atomic mass is 9.95. The zero-order valence-corrected chi connectivity index (χ0v) is 16.0. The Morgan fingerprint density at radius 2 is 2.03 bits per heavy atom. The number of rotatable bonds is 2. The van der Waals surface area contributed by atoms with E-state index >= 15 is 0 Å². The third kappa shape index (κ3) is 2.85. The van der Waals surface area contributed by atoms with E-state index in [-0.39, 0.29) is 29.6 Å². The molecule has 3 aromatic heterocycles. The molecule has 0 spiro atoms. The van der Waals surface area contributed by atoms with Crippen molar-refractivity contribution >= 4 is 38.2 Å². The Morgan fingerprint density at radius 3 is 2.83 bits per heavy atom. The van der Waals surface area contributed by atoms with Crippen molar-refractivity contribution in [3.8, 4) is 0 Å². The Kier molecular flexibility index (Phi) is 4.04. The highest BCUT2D eigenvalue weighted by atomic mass is 32.1. The predicted molar refractivity (Wildman–Crippen MR) is 105 cm³/mol. The monoisotopic (exact) mass is 415 g/mol. The lowest BCUT2D eigenvalue weighted by molar-refractivity contribution is 0.0333. The molecule has 0 saturated carbocycles. The number of ether oxygens (including phenoxy) is 1. The van der Waals surface area contributed by atoms with Gasteiger partial charge in [0.05, 0.1) is 34.9 Å². The van der Waals surface area contributed by atoms with Crippen LogP contribution in [0.2, 0.25) is 0 Å². The number of benzene rings is 1. The van der Waals surface area contributed by atoms with Gasteiger partial charge in [0.15, 0.2) is 5.13 Å². The van der Waals surface area contributed by atoms with Crippen LogP contribution in [0.5, 0.6) is 0 Å². The summed E-state index contributed by atoms with van der Waals surface area (Å²) in [7, 11) is 1.64. The third-order valence-corrected chi connectivity index (χ3v) is 6.13. The number of nitrogens with one attached hydrogen (secondary N) is 2. The van der Waals surface area contributed by atoms with E-state index in [0.29, 0.717) is 27.0 Å². The van der Waals surface area contributed by atoms with Crippen LogP contribution < -0.4 is 5.56 Å². The molecule has 9 heteroatoms. The molecule has 1 aliphatic heterocycles. The quantitative estimate of drug-likeness (QED) is 0.524. The molecule has 6 nitrogen and oxygen atoms in total. The number of aromatic nitrogens is 2. The normalized spacial score (nSPS) is 16.3. The van der Waals surface area contributed by atoms with E-state index in [4.69, 9.17) is 4.74 Å². The van der Waals surface area contributed by atoms with Gasteiger partial charge in [-0.3, -0.25) is 9.59 Å². The summed E-state index contributed by atoms with van der Waals surface area (Å²) in [5, 5.41) is 0.496. The number of H-pyrrole nitrogens is 2. The zero-order chi connectivity index (χ0) is 20.3. The number of hydrogen-bond acceptors (Lipinski definition) is 4. The lowest BCUT2D eigenvalue weighted by Crippen LogP contribution is -2.37. The Balaban J connectivity index is 1.59. The van der Waals surface area contributed by atoms with Crippen molar-refractivity contribution in [3.63, 3.8) is 0 Å². The van der Waals surface area contributed by atoms with Gasteiger partial charge in [0, 0.05) is 24.4 Å². The van der Waals surface area contributed by atoms with Crippen LogP contribution in [0.1, 0.15) is 27.8 Å². The van der Waals surface area contributed by atoms with E-state index in [1.165, 1.54) is 23.1 Å². The van der Waals surface area contributed by atoms with Gasteiger partial charge in [-0.25, -0.2) is 4.39 Å². The second-order valence-corrected chi connectivity index (χ2v) is 8.03. The molecule has 0 fully saturated rings. The fourth-order valence-electron chi connectivity index (χ4n) is 3.87. The van der Waals surface area contributed by atoms with Gasteiger partial charge >= 0.3 is 0 Å². The molecule has 1 amide bonds. The van der Waals surface area contributed by atoms with Crippen molar-refractivity contribution in [2.24, 2.45) is 0 Å². The smallest absolute Gasteiger partial charge is 0.270 e. The number of aromatic amines is 2. The summed E-state index contributed by atoms with van der Waals surface area (Å²) < 4.78 is 33.3. The molecular weight excluding hydrogens is 400 g/mol. The Morgan fingerprint density at radius 1 is 1.21 bits per heavy atom. The fourth-order valence-corrected chi connectivity index (χ4v) is 4.65. The van der Waals surface area contributed by atoms with E-state index in [0.717, 1.165) is 16.9 Å². The molecule has 5 rings (SSSR count). The highest BCUT2D eigenvalue weighted by molar-refractivity contribution is 7.17. The van der Waals surface area contributed by atoms with Gasteiger partial charge in [-0.05, 0) is 23.6 Å². The first-order valence-corrected chi connectivity index (χ1v) is 9.71. The summed E-state index contributed by atoms with van der Waals surface area (Å²) in [6.07, 6.45) is 0. The summed E-state index contributed by atoms with van der Waals surface area (Å²) in [5.74, 6) is -0.800. The van der Waals surface area contributed by atoms with Crippen molar-refractivity contribution in [2.45, 2.75) is 12.6 Å². The molecule has 1 unspecified atom stereocenters. The number of halogens is 2. The lowest BCUT2D eigenvalue weighted by Gasteiger charge is -2.33. The first kappa shape index (κ1) is 18.0. The predicted octanol–water partition coefficient (Wildman–Crippen LogP) is 3.69. The minimum atomic E-state index is -0.505. The van der Waals surface area contributed by atoms with Crippen LogP contribution in [0.3, 0.4) is 0 Å². The number of likely N-dealkylation sites (N-methyl/N-ethyl adjacent to an activating group) is 1. The minimum absolute atomic E-state index is 0.202. The molecule has 0 aliphatic carbocycles. The van der Waals surface area contributed by atoms with Gasteiger partial charge in [-0.2, -0.15) is 4.39 Å². The average molecular weight is 415 g/mol. The number of thiophene rings is 1. The molecule has 1 aliphatic rings. The molecule has 4 aromatic rings. The van der Waals surface area contributed by atoms with Gasteiger partial charge in [0.25, 0.3) is 11.5 Å². The first-order chi connectivity index (χ1) is 13.9. The maximum Gasteiger partial charge on any atom is 0.270 e. The number of carbonyl (C=O) groups is 1. The number of carbonyl (C=O) groups excluding carboxylic acids is 1. The van der Waals surface area contributed by atoms with E-state index in [9.17, 15) is 18.4 Å². The molecule has 4 heterocycles. The van der Waals surface area contributed by atoms with Gasteiger partial charge in [0.1, 0.15) is 11.5 Å². The first-order valence-electron chi connectivity index (χ1n) is 8.89. The molecule has 1 aromatic carbocycles. The number of pyridine rings is 1. The number of amides is 1. The largest absolute Gasteiger partial charge is 0.373 e. The van der Waals surface area contributed by atoms with E-state index in [1.54, 1.807) is 19.2 Å². The van der Waals surface area contributed by atoms with Gasteiger partial charge in [-0.15, -0.1) is 11.3 Å². The molecular formula is C20H15F2N3O3S. The summed E-state index contributed by atoms with van der Waals surface area (Å²) in [6.45, 7) is 0.436. The molecule has 0 radical (unpaired) electrons. The van der Waals surface area contributed by atoms with Crippen molar-refractivity contribution in [3.05, 3.63) is 68.6 Å². The minimum Gasteiger partial charge on any atom is -0.373 e. The molecule has 0 bridgehead atoms. The van der Waals surface area contributed by atoms with Crippen molar-refractivity contribution < 1.29 is 18.3 Å². The van der Waals surface area contributed by atoms with Crippen LogP contribution in [0.15, 0.2) is 35.1 Å². The van der Waals surface area contributed by atoms with Crippen LogP contribution in [0, 0.1) is 10.9 Å². The zero-order valence-electron chi connectivity index (χ0n) is 15.2. The van der Waals surface area contributed by atoms with Crippen LogP contribution in [0.4, 0.5) is 8.78 Å². The Hall–Kier alpha value is -3.04. The second-order valence-electron chi connectivity index (χ2n) is 6.99. The van der Waals surface area contributed by atoms with E-state index in [2.05, 4.69) is 9.97 Å². The standard InChI is InChI=1S/C20H15F2N3O3S/c1-25(20(27)13-5-16-12(23-13)6-17(22)29-16)15-8-28-7-14-18(15)10-3-2-9(21)4-11(10)19(26)24-14/h2-6,15,23H,7-8H2,1H3,(H,24,26). The van der Waals surface area contributed by atoms with Gasteiger partial charge in [-0.1, -0.05) is 6.07 Å². The number of hydrogen-bond donors (Lipinski definition) is 2. The topological polar surface area (TPSA) is 78.2 Å². The third-order valence-electron chi connectivity index (χ3n) is 5.26. The van der Waals surface area contributed by atoms with Crippen LogP contribution >= 0.6 is 11.3 Å². The second kappa shape index (κ2) is 6.50. The van der Waals surface area contributed by atoms with Crippen LogP contribution in [-0.4, -0.2) is 34.4 Å². The van der Waals surface area contributed by atoms with Gasteiger partial charge in [0.2, 0.25) is 0 Å². The summed E-state index contributed by atoms with van der Waals surface area (Å²) >= 11 is 0.962. The van der Waals surface area contributed by atoms with Gasteiger partial charge < -0.3 is 19.6 Å². The summed E-state index contributed by atoms with van der Waals surface area (Å²) in [5.41, 5.74) is 1.80. The number of fused-ring (bicyclic) bond motifs is 4. The molecule has 2 N–H and O–H groups in total. The van der Waals surface area contributed by atoms with Crippen molar-refractivity contribution in [1.29, 1.82) is 0 Å². The van der Waals surface area contributed by atoms with Crippen LogP contribution in [0.25, 0.3) is 21.0 Å². The Bertz CT molecular complexity index is 1310. The SMILES string of the molecule is CN(C(=O)c1cc2sc(F)cc2[nH]1)C1COCc2[nH]c(=O)c3cc(F)ccc3c21. The summed E-state index contributed by atoms with van der Waals surface area (Å²) in [4.78, 5) is 32.6. The van der Waals surface area contributed by atoms with E-state index < -0.39 is 17.4 Å². The molecule has 29 heavy (non-hydrogen) atoms. The van der Waals surface area contributed by atoms with Crippen molar-refractivity contribution in [2.75, 3.05) is 13.7 Å². The van der Waals surface area contributed by atoms with Crippen LogP contribution in [-0.2, 0) is 11.3 Å². The van der Waals surface area contributed by atoms with Crippen molar-refractivity contribution in [1.82, 2.24) is 14.9 Å². The maximum atomic E-state index is 13.7. The maximum absolute atomic E-state index is 13.7. The molecule has 0 saturated heterocycles.